The van der Waals surface area contributed by atoms with Gasteiger partial charge in [0.2, 0.25) is 0 Å². The number of carboxylic acids is 1. The molecule has 8 heteroatoms. The van der Waals surface area contributed by atoms with Gasteiger partial charge in [-0.15, -0.1) is 5.10 Å². The molecule has 0 aliphatic carbocycles. The van der Waals surface area contributed by atoms with E-state index in [0.717, 1.165) is 0 Å². The van der Waals surface area contributed by atoms with Gasteiger partial charge in [-0.1, -0.05) is 23.4 Å². The molecule has 8 nitrogen and oxygen atoms in total. The highest BCUT2D eigenvalue weighted by atomic mass is 16.6. The van der Waals surface area contributed by atoms with Crippen molar-refractivity contribution >= 4 is 11.7 Å². The largest absolute Gasteiger partial charge is 0.476 e. The first-order chi connectivity index (χ1) is 9.08. The Bertz CT molecular complexity index is 623. The van der Waals surface area contributed by atoms with E-state index in [1.165, 1.54) is 16.9 Å². The molecule has 0 atom stereocenters. The van der Waals surface area contributed by atoms with Crippen molar-refractivity contribution in [3.63, 3.8) is 0 Å². The molecule has 0 radical (unpaired) electrons. The first-order valence-corrected chi connectivity index (χ1v) is 5.43. The van der Waals surface area contributed by atoms with Crippen LogP contribution in [-0.4, -0.2) is 31.0 Å². The molecule has 0 bridgehead atoms. The van der Waals surface area contributed by atoms with E-state index >= 15 is 0 Å². The van der Waals surface area contributed by atoms with Crippen molar-refractivity contribution in [1.29, 1.82) is 0 Å². The number of hydrogen-bond donors (Lipinski definition) is 1. The molecule has 0 fully saturated rings. The van der Waals surface area contributed by atoms with Gasteiger partial charge in [0.1, 0.15) is 0 Å². The first-order valence-electron chi connectivity index (χ1n) is 5.43. The lowest BCUT2D eigenvalue weighted by Crippen LogP contribution is -2.04. The number of nitro benzene ring substituents is 1. The van der Waals surface area contributed by atoms with Gasteiger partial charge < -0.3 is 5.11 Å². The number of aryl methyl sites for hydroxylation is 2. The second-order valence-electron chi connectivity index (χ2n) is 3.81. The summed E-state index contributed by atoms with van der Waals surface area (Å²) in [5, 5.41) is 26.6. The van der Waals surface area contributed by atoms with Crippen molar-refractivity contribution in [2.45, 2.75) is 13.0 Å². The fourth-order valence-corrected chi connectivity index (χ4v) is 1.64. The van der Waals surface area contributed by atoms with Crippen LogP contribution in [-0.2, 0) is 13.0 Å². The van der Waals surface area contributed by atoms with E-state index in [1.807, 2.05) is 0 Å². The molecule has 1 aromatic heterocycles. The highest BCUT2D eigenvalue weighted by Crippen LogP contribution is 2.18. The molecule has 98 valence electrons. The van der Waals surface area contributed by atoms with Crippen molar-refractivity contribution in [3.8, 4) is 0 Å². The minimum Gasteiger partial charge on any atom is -0.476 e. The smallest absolute Gasteiger partial charge is 0.358 e. The summed E-state index contributed by atoms with van der Waals surface area (Å²) < 4.78 is 1.35. The molecular formula is C11H10N4O4. The summed E-state index contributed by atoms with van der Waals surface area (Å²) in [6, 6.07) is 6.40. The Labute approximate surface area is 107 Å². The second-order valence-corrected chi connectivity index (χ2v) is 3.81. The SMILES string of the molecule is O=C(O)c1cn(CCc2ccccc2[N+](=O)[O-])nn1. The predicted octanol–water partition coefficient (Wildman–Crippen LogP) is 1.13. The van der Waals surface area contributed by atoms with E-state index in [0.29, 0.717) is 18.5 Å². The summed E-state index contributed by atoms with van der Waals surface area (Å²) in [7, 11) is 0. The lowest BCUT2D eigenvalue weighted by Gasteiger charge is -2.02. The lowest BCUT2D eigenvalue weighted by molar-refractivity contribution is -0.385. The second kappa shape index (κ2) is 5.25. The maximum absolute atomic E-state index is 10.8. The fraction of sp³-hybridized carbons (Fsp3) is 0.182. The maximum Gasteiger partial charge on any atom is 0.358 e. The fourth-order valence-electron chi connectivity index (χ4n) is 1.64. The molecule has 0 spiro atoms. The molecule has 2 aromatic rings. The average molecular weight is 262 g/mol. The number of hydrogen-bond acceptors (Lipinski definition) is 5. The number of aromatic nitrogens is 3. The van der Waals surface area contributed by atoms with Crippen LogP contribution in [0.2, 0.25) is 0 Å². The van der Waals surface area contributed by atoms with Gasteiger partial charge in [0.05, 0.1) is 11.1 Å². The van der Waals surface area contributed by atoms with E-state index in [2.05, 4.69) is 10.3 Å². The quantitative estimate of drug-likeness (QED) is 0.638. The van der Waals surface area contributed by atoms with Gasteiger partial charge in [-0.25, -0.2) is 4.79 Å². The van der Waals surface area contributed by atoms with E-state index < -0.39 is 10.9 Å². The van der Waals surface area contributed by atoms with Gasteiger partial charge in [-0.3, -0.25) is 14.8 Å². The molecule has 0 saturated carbocycles. The molecule has 0 amide bonds. The number of carboxylic acid groups (broad SMARTS) is 1. The van der Waals surface area contributed by atoms with Gasteiger partial charge >= 0.3 is 5.97 Å². The van der Waals surface area contributed by atoms with Gasteiger partial charge in [0.15, 0.2) is 5.69 Å². The third-order valence-electron chi connectivity index (χ3n) is 2.56. The van der Waals surface area contributed by atoms with Gasteiger partial charge in [0, 0.05) is 18.2 Å². The van der Waals surface area contributed by atoms with Crippen LogP contribution in [0, 0.1) is 10.1 Å². The number of aromatic carboxylic acids is 1. The van der Waals surface area contributed by atoms with Crippen LogP contribution in [0.1, 0.15) is 16.1 Å². The van der Waals surface area contributed by atoms with E-state index in [-0.39, 0.29) is 11.4 Å². The maximum atomic E-state index is 10.8. The summed E-state index contributed by atoms with van der Waals surface area (Å²) in [5.74, 6) is -1.16. The molecule has 2 rings (SSSR count). The number of carbonyl (C=O) groups is 1. The van der Waals surface area contributed by atoms with Crippen LogP contribution in [0.25, 0.3) is 0 Å². The van der Waals surface area contributed by atoms with Crippen molar-refractivity contribution in [3.05, 3.63) is 51.8 Å². The summed E-state index contributed by atoms with van der Waals surface area (Å²) >= 11 is 0. The number of para-hydroxylation sites is 1. The van der Waals surface area contributed by atoms with Gasteiger partial charge in [-0.2, -0.15) is 0 Å². The lowest BCUT2D eigenvalue weighted by atomic mass is 10.1. The zero-order valence-corrected chi connectivity index (χ0v) is 9.76. The van der Waals surface area contributed by atoms with Crippen LogP contribution in [0.4, 0.5) is 5.69 Å². The minimum atomic E-state index is -1.16. The topological polar surface area (TPSA) is 111 Å². The summed E-state index contributed by atoms with van der Waals surface area (Å²) in [6.07, 6.45) is 1.66. The first kappa shape index (κ1) is 12.7. The van der Waals surface area contributed by atoms with E-state index in [9.17, 15) is 14.9 Å². The normalized spacial score (nSPS) is 10.3. The molecule has 0 aliphatic heterocycles. The molecule has 19 heavy (non-hydrogen) atoms. The Hall–Kier alpha value is -2.77. The molecule has 0 aliphatic rings. The summed E-state index contributed by atoms with van der Waals surface area (Å²) in [6.45, 7) is 0.325. The Morgan fingerprint density at radius 1 is 1.42 bits per heavy atom. The Morgan fingerprint density at radius 3 is 2.79 bits per heavy atom. The van der Waals surface area contributed by atoms with Gasteiger partial charge in [0.25, 0.3) is 5.69 Å². The Morgan fingerprint density at radius 2 is 2.16 bits per heavy atom. The molecule has 1 heterocycles. The number of benzene rings is 1. The van der Waals surface area contributed by atoms with Crippen molar-refractivity contribution in [2.75, 3.05) is 0 Å². The molecule has 1 N–H and O–H groups in total. The number of nitro groups is 1. The van der Waals surface area contributed by atoms with Crippen LogP contribution >= 0.6 is 0 Å². The Kier molecular flexibility index (Phi) is 3.51. The molecule has 0 unspecified atom stereocenters. The van der Waals surface area contributed by atoms with E-state index in [1.54, 1.807) is 18.2 Å². The number of rotatable bonds is 5. The third kappa shape index (κ3) is 2.92. The molecular weight excluding hydrogens is 252 g/mol. The van der Waals surface area contributed by atoms with Crippen LogP contribution in [0.5, 0.6) is 0 Å². The van der Waals surface area contributed by atoms with Crippen molar-refractivity contribution in [2.24, 2.45) is 0 Å². The zero-order valence-electron chi connectivity index (χ0n) is 9.76. The van der Waals surface area contributed by atoms with Crippen molar-refractivity contribution < 1.29 is 14.8 Å². The molecule has 0 saturated heterocycles. The van der Waals surface area contributed by atoms with Gasteiger partial charge in [-0.05, 0) is 6.42 Å². The van der Waals surface area contributed by atoms with Crippen LogP contribution in [0.3, 0.4) is 0 Å². The average Bonchev–Trinajstić information content (AvgIpc) is 2.85. The third-order valence-corrected chi connectivity index (χ3v) is 2.56. The standard InChI is InChI=1S/C11H10N4O4/c16-11(17)9-7-14(13-12-9)6-5-8-3-1-2-4-10(8)15(18)19/h1-4,7H,5-6H2,(H,16,17). The zero-order chi connectivity index (χ0) is 13.8. The van der Waals surface area contributed by atoms with Crippen molar-refractivity contribution in [1.82, 2.24) is 15.0 Å². The van der Waals surface area contributed by atoms with Crippen LogP contribution in [0.15, 0.2) is 30.5 Å². The minimum absolute atomic E-state index is 0.0427. The predicted molar refractivity (Wildman–Crippen MR) is 63.8 cm³/mol. The van der Waals surface area contributed by atoms with Crippen LogP contribution < -0.4 is 0 Å². The van der Waals surface area contributed by atoms with E-state index in [4.69, 9.17) is 5.11 Å². The summed E-state index contributed by atoms with van der Waals surface area (Å²) in [5.41, 5.74) is 0.462. The summed E-state index contributed by atoms with van der Waals surface area (Å²) in [4.78, 5) is 21.0. The number of nitrogens with zero attached hydrogens (tertiary/aromatic N) is 4. The Balaban J connectivity index is 2.10. The molecule has 1 aromatic carbocycles. The highest BCUT2D eigenvalue weighted by molar-refractivity contribution is 5.84. The monoisotopic (exact) mass is 262 g/mol. The highest BCUT2D eigenvalue weighted by Gasteiger charge is 2.13.